The summed E-state index contributed by atoms with van der Waals surface area (Å²) < 4.78 is 0. The molecule has 3 aromatic rings. The van der Waals surface area contributed by atoms with Crippen LogP contribution in [0.1, 0.15) is 38.4 Å². The molecule has 0 aliphatic carbocycles. The van der Waals surface area contributed by atoms with E-state index in [4.69, 9.17) is 4.98 Å². The Balaban J connectivity index is 1.10. The third kappa shape index (κ3) is 4.51. The fraction of sp³-hybridized carbons (Fsp3) is 0.308. The monoisotopic (exact) mass is 474 g/mol. The van der Waals surface area contributed by atoms with E-state index < -0.39 is 0 Å². The van der Waals surface area contributed by atoms with Crippen LogP contribution in [0.5, 0.6) is 0 Å². The Morgan fingerprint density at radius 2 is 1.71 bits per heavy atom. The van der Waals surface area contributed by atoms with E-state index in [1.54, 1.807) is 23.5 Å². The maximum absolute atomic E-state index is 12.8. The minimum atomic E-state index is -0.309. The van der Waals surface area contributed by atoms with Gasteiger partial charge in [0, 0.05) is 56.6 Å². The quantitative estimate of drug-likeness (QED) is 0.512. The number of carbonyl (C=O) groups is 3. The van der Waals surface area contributed by atoms with Gasteiger partial charge in [-0.25, -0.2) is 4.98 Å². The van der Waals surface area contributed by atoms with Crippen molar-refractivity contribution in [2.45, 2.75) is 19.9 Å². The fourth-order valence-corrected chi connectivity index (χ4v) is 5.27. The third-order valence-corrected chi connectivity index (χ3v) is 7.30. The first-order valence-electron chi connectivity index (χ1n) is 11.5. The van der Waals surface area contributed by atoms with Crippen LogP contribution in [0.3, 0.4) is 0 Å². The molecule has 8 heteroatoms. The molecular formula is C26H26N4O3S. The number of thiazole rings is 1. The molecule has 3 heterocycles. The highest BCUT2D eigenvalue weighted by molar-refractivity contribution is 7.13. The van der Waals surface area contributed by atoms with Gasteiger partial charge in [-0.2, -0.15) is 0 Å². The van der Waals surface area contributed by atoms with Crippen molar-refractivity contribution in [2.24, 2.45) is 0 Å². The van der Waals surface area contributed by atoms with Crippen LogP contribution in [-0.2, 0) is 11.3 Å². The summed E-state index contributed by atoms with van der Waals surface area (Å²) in [5, 5.41) is 3.12. The SMILES string of the molecule is Cc1ccc2c(c1)C(=O)N(CCC(=O)N1CCN(Cc3csc(-c4ccccc4)n3)CC1)C2=O. The second-order valence-electron chi connectivity index (χ2n) is 8.73. The van der Waals surface area contributed by atoms with E-state index in [1.807, 2.05) is 36.1 Å². The Morgan fingerprint density at radius 3 is 2.47 bits per heavy atom. The van der Waals surface area contributed by atoms with Crippen molar-refractivity contribution < 1.29 is 14.4 Å². The number of hydrogen-bond acceptors (Lipinski definition) is 6. The van der Waals surface area contributed by atoms with Crippen molar-refractivity contribution in [3.8, 4) is 10.6 Å². The first-order valence-corrected chi connectivity index (χ1v) is 12.3. The molecule has 2 aliphatic heterocycles. The molecule has 2 aromatic carbocycles. The van der Waals surface area contributed by atoms with Crippen LogP contribution in [0.15, 0.2) is 53.9 Å². The Morgan fingerprint density at radius 1 is 0.971 bits per heavy atom. The Bertz CT molecular complexity index is 1230. The highest BCUT2D eigenvalue weighted by Gasteiger charge is 2.35. The van der Waals surface area contributed by atoms with Crippen LogP contribution in [-0.4, -0.2) is 70.1 Å². The van der Waals surface area contributed by atoms with Crippen molar-refractivity contribution in [3.05, 3.63) is 76.3 Å². The second-order valence-corrected chi connectivity index (χ2v) is 9.59. The smallest absolute Gasteiger partial charge is 0.261 e. The number of benzene rings is 2. The van der Waals surface area contributed by atoms with Crippen molar-refractivity contribution in [1.29, 1.82) is 0 Å². The summed E-state index contributed by atoms with van der Waals surface area (Å²) in [6.45, 7) is 5.59. The summed E-state index contributed by atoms with van der Waals surface area (Å²) in [5.41, 5.74) is 3.97. The number of fused-ring (bicyclic) bond motifs is 1. The molecule has 34 heavy (non-hydrogen) atoms. The van der Waals surface area contributed by atoms with E-state index in [2.05, 4.69) is 22.4 Å². The van der Waals surface area contributed by atoms with E-state index in [0.717, 1.165) is 41.5 Å². The topological polar surface area (TPSA) is 73.8 Å². The van der Waals surface area contributed by atoms with E-state index >= 15 is 0 Å². The van der Waals surface area contributed by atoms with E-state index in [9.17, 15) is 14.4 Å². The van der Waals surface area contributed by atoms with Crippen LogP contribution in [0.2, 0.25) is 0 Å². The van der Waals surface area contributed by atoms with Gasteiger partial charge in [-0.3, -0.25) is 24.2 Å². The molecule has 0 saturated carbocycles. The minimum absolute atomic E-state index is 0.0209. The minimum Gasteiger partial charge on any atom is -0.340 e. The number of hydrogen-bond donors (Lipinski definition) is 0. The zero-order valence-corrected chi connectivity index (χ0v) is 19.9. The lowest BCUT2D eigenvalue weighted by Gasteiger charge is -2.34. The number of carbonyl (C=O) groups excluding carboxylic acids is 3. The van der Waals surface area contributed by atoms with Crippen molar-refractivity contribution in [1.82, 2.24) is 19.7 Å². The summed E-state index contributed by atoms with van der Waals surface area (Å²) in [6, 6.07) is 15.4. The van der Waals surface area contributed by atoms with Gasteiger partial charge >= 0.3 is 0 Å². The zero-order chi connectivity index (χ0) is 23.7. The standard InChI is InChI=1S/C26H26N4O3S/c1-18-7-8-21-22(15-18)26(33)30(25(21)32)10-9-23(31)29-13-11-28(12-14-29)16-20-17-34-24(27-20)19-5-3-2-4-6-19/h2-8,15,17H,9-14,16H2,1H3. The molecule has 174 valence electrons. The molecule has 3 amide bonds. The average molecular weight is 475 g/mol. The summed E-state index contributed by atoms with van der Waals surface area (Å²) in [6.07, 6.45) is 0.150. The van der Waals surface area contributed by atoms with Gasteiger partial charge in [0.15, 0.2) is 0 Å². The predicted octanol–water partition coefficient (Wildman–Crippen LogP) is 3.45. The van der Waals surface area contributed by atoms with Gasteiger partial charge in [0.25, 0.3) is 11.8 Å². The number of nitrogens with zero attached hydrogens (tertiary/aromatic N) is 4. The molecule has 0 N–H and O–H groups in total. The number of rotatable bonds is 6. The van der Waals surface area contributed by atoms with Crippen LogP contribution < -0.4 is 0 Å². The Kier molecular flexibility index (Phi) is 6.26. The Hall–Kier alpha value is -3.36. The highest BCUT2D eigenvalue weighted by Crippen LogP contribution is 2.25. The van der Waals surface area contributed by atoms with Gasteiger partial charge in [-0.05, 0) is 19.1 Å². The molecule has 2 aliphatic rings. The van der Waals surface area contributed by atoms with Gasteiger partial charge in [-0.15, -0.1) is 11.3 Å². The van der Waals surface area contributed by atoms with Gasteiger partial charge < -0.3 is 4.90 Å². The van der Waals surface area contributed by atoms with Crippen molar-refractivity contribution >= 4 is 29.1 Å². The van der Waals surface area contributed by atoms with E-state index in [1.165, 1.54) is 4.90 Å². The fourth-order valence-electron chi connectivity index (χ4n) is 4.45. The first kappa shape index (κ1) is 22.4. The van der Waals surface area contributed by atoms with Crippen LogP contribution in [0, 0.1) is 6.92 Å². The third-order valence-electron chi connectivity index (χ3n) is 6.36. The zero-order valence-electron chi connectivity index (χ0n) is 19.1. The molecule has 0 bridgehead atoms. The molecule has 0 spiro atoms. The maximum Gasteiger partial charge on any atom is 0.261 e. The highest BCUT2D eigenvalue weighted by atomic mass is 32.1. The lowest BCUT2D eigenvalue weighted by atomic mass is 10.1. The lowest BCUT2D eigenvalue weighted by molar-refractivity contribution is -0.133. The Labute approximate surface area is 202 Å². The van der Waals surface area contributed by atoms with E-state index in [0.29, 0.717) is 24.2 Å². The van der Waals surface area contributed by atoms with Gasteiger partial charge in [0.1, 0.15) is 5.01 Å². The van der Waals surface area contributed by atoms with Crippen molar-refractivity contribution in [2.75, 3.05) is 32.7 Å². The number of piperazine rings is 1. The number of amides is 3. The molecular weight excluding hydrogens is 448 g/mol. The van der Waals surface area contributed by atoms with Gasteiger partial charge in [-0.1, -0.05) is 42.0 Å². The van der Waals surface area contributed by atoms with E-state index in [-0.39, 0.29) is 30.7 Å². The average Bonchev–Trinajstić information content (AvgIpc) is 3.41. The van der Waals surface area contributed by atoms with Crippen molar-refractivity contribution in [3.63, 3.8) is 0 Å². The number of aromatic nitrogens is 1. The van der Waals surface area contributed by atoms with Crippen LogP contribution in [0.25, 0.3) is 10.6 Å². The molecule has 7 nitrogen and oxygen atoms in total. The molecule has 1 fully saturated rings. The molecule has 5 rings (SSSR count). The molecule has 1 aromatic heterocycles. The number of aryl methyl sites for hydroxylation is 1. The lowest BCUT2D eigenvalue weighted by Crippen LogP contribution is -2.49. The summed E-state index contributed by atoms with van der Waals surface area (Å²) in [5.74, 6) is -0.636. The maximum atomic E-state index is 12.8. The summed E-state index contributed by atoms with van der Waals surface area (Å²) >= 11 is 1.65. The normalized spacial score (nSPS) is 16.3. The second kappa shape index (κ2) is 9.48. The van der Waals surface area contributed by atoms with Gasteiger partial charge in [0.2, 0.25) is 5.91 Å². The predicted molar refractivity (Wildman–Crippen MR) is 131 cm³/mol. The largest absolute Gasteiger partial charge is 0.340 e. The van der Waals surface area contributed by atoms with Gasteiger partial charge in [0.05, 0.1) is 16.8 Å². The van der Waals surface area contributed by atoms with Crippen LogP contribution >= 0.6 is 11.3 Å². The molecule has 1 saturated heterocycles. The summed E-state index contributed by atoms with van der Waals surface area (Å²) in [4.78, 5) is 48.1. The molecule has 0 atom stereocenters. The molecule has 0 unspecified atom stereocenters. The number of imide groups is 1. The first-order chi connectivity index (χ1) is 16.5. The molecule has 0 radical (unpaired) electrons. The summed E-state index contributed by atoms with van der Waals surface area (Å²) in [7, 11) is 0. The van der Waals surface area contributed by atoms with Crippen LogP contribution in [0.4, 0.5) is 0 Å².